The fraction of sp³-hybridized carbons (Fsp3) is 0.235. The molecule has 0 spiro atoms. The van der Waals surface area contributed by atoms with Crippen molar-refractivity contribution in [2.45, 2.75) is 24.0 Å². The highest BCUT2D eigenvalue weighted by Crippen LogP contribution is 2.31. The number of hydrogen-bond acceptors (Lipinski definition) is 3. The molecule has 0 amide bonds. The number of alkyl halides is 3. The lowest BCUT2D eigenvalue weighted by atomic mass is 10.2. The van der Waals surface area contributed by atoms with Crippen LogP contribution >= 0.6 is 23.2 Å². The van der Waals surface area contributed by atoms with Crippen molar-refractivity contribution in [3.63, 3.8) is 0 Å². The zero-order chi connectivity index (χ0) is 20.0. The predicted molar refractivity (Wildman–Crippen MR) is 98.2 cm³/mol. The molecule has 1 aromatic heterocycles. The largest absolute Gasteiger partial charge is 0.396 e. The van der Waals surface area contributed by atoms with E-state index in [4.69, 9.17) is 23.2 Å². The predicted octanol–water partition coefficient (Wildman–Crippen LogP) is 4.90. The first kappa shape index (κ1) is 20.0. The first-order valence-corrected chi connectivity index (χ1v) is 10.3. The maximum atomic E-state index is 13.0. The molecule has 0 aliphatic carbocycles. The first-order valence-electron chi connectivity index (χ1n) is 7.64. The van der Waals surface area contributed by atoms with Crippen LogP contribution in [0.3, 0.4) is 0 Å². The fourth-order valence-corrected chi connectivity index (χ4v) is 3.63. The van der Waals surface area contributed by atoms with E-state index < -0.39 is 22.4 Å². The van der Waals surface area contributed by atoms with E-state index in [1.54, 1.807) is 12.1 Å². The highest BCUT2D eigenvalue weighted by molar-refractivity contribution is 7.90. The molecule has 3 aromatic rings. The summed E-state index contributed by atoms with van der Waals surface area (Å²) in [5.74, 6) is -0.178. The van der Waals surface area contributed by atoms with Crippen LogP contribution in [0.25, 0.3) is 11.0 Å². The van der Waals surface area contributed by atoms with Crippen molar-refractivity contribution in [3.8, 4) is 0 Å². The van der Waals surface area contributed by atoms with Gasteiger partial charge in [0.15, 0.2) is 9.84 Å². The summed E-state index contributed by atoms with van der Waals surface area (Å²) in [5.41, 5.74) is 1.34. The van der Waals surface area contributed by atoms with Crippen LogP contribution in [0.4, 0.5) is 13.2 Å². The molecule has 0 aliphatic heterocycles. The number of hydrogen-bond donors (Lipinski definition) is 0. The second-order valence-electron chi connectivity index (χ2n) is 6.08. The number of sulfone groups is 1. The smallest absolute Gasteiger partial charge is 0.323 e. The number of fused-ring (bicyclic) bond motifs is 1. The second kappa shape index (κ2) is 7.00. The van der Waals surface area contributed by atoms with Gasteiger partial charge >= 0.3 is 6.18 Å². The summed E-state index contributed by atoms with van der Waals surface area (Å²) in [6.07, 6.45) is -4.57. The van der Waals surface area contributed by atoms with E-state index in [9.17, 15) is 21.6 Å². The van der Waals surface area contributed by atoms with Gasteiger partial charge in [0.25, 0.3) is 0 Å². The summed E-state index contributed by atoms with van der Waals surface area (Å²) in [5, 5.41) is 0.404. The van der Waals surface area contributed by atoms with Gasteiger partial charge in [0.05, 0.1) is 26.0 Å². The average Bonchev–Trinajstić information content (AvgIpc) is 2.82. The van der Waals surface area contributed by atoms with Crippen molar-refractivity contribution in [1.82, 2.24) is 9.55 Å². The van der Waals surface area contributed by atoms with Gasteiger partial charge in [-0.25, -0.2) is 13.4 Å². The molecule has 4 nitrogen and oxygen atoms in total. The average molecular weight is 437 g/mol. The minimum atomic E-state index is -4.44. The van der Waals surface area contributed by atoms with Crippen molar-refractivity contribution in [1.29, 1.82) is 0 Å². The van der Waals surface area contributed by atoms with Gasteiger partial charge in [0.2, 0.25) is 0 Å². The number of benzene rings is 2. The zero-order valence-electron chi connectivity index (χ0n) is 13.9. The maximum absolute atomic E-state index is 13.0. The molecule has 2 aromatic carbocycles. The van der Waals surface area contributed by atoms with Crippen LogP contribution in [0.5, 0.6) is 0 Å². The Kier molecular flexibility index (Phi) is 5.18. The van der Waals surface area contributed by atoms with E-state index in [1.807, 2.05) is 0 Å². The Bertz CT molecular complexity index is 1110. The van der Waals surface area contributed by atoms with Crippen LogP contribution in [0.2, 0.25) is 10.0 Å². The van der Waals surface area contributed by atoms with Gasteiger partial charge in [-0.05, 0) is 29.8 Å². The molecule has 1 heterocycles. The molecule has 0 radical (unpaired) electrons. The van der Waals surface area contributed by atoms with Crippen LogP contribution in [0.1, 0.15) is 11.4 Å². The van der Waals surface area contributed by atoms with Gasteiger partial charge in [0, 0.05) is 12.8 Å². The normalized spacial score (nSPS) is 12.7. The van der Waals surface area contributed by atoms with Crippen molar-refractivity contribution >= 4 is 44.1 Å². The summed E-state index contributed by atoms with van der Waals surface area (Å²) in [7, 11) is -3.36. The molecule has 0 aliphatic rings. The Balaban J connectivity index is 2.08. The highest BCUT2D eigenvalue weighted by atomic mass is 35.5. The van der Waals surface area contributed by atoms with Crippen molar-refractivity contribution in [2.75, 3.05) is 6.26 Å². The topological polar surface area (TPSA) is 52.0 Å². The van der Waals surface area contributed by atoms with Crippen LogP contribution in [0.15, 0.2) is 41.3 Å². The standard InChI is InChI=1S/C17H13Cl2F3N2O2S/c1-27(25,26)11-4-2-10(3-5-11)9-24-15-7-13(19)12(18)6-14(15)23-16(24)8-17(20,21)22/h2-7H,8-9H2,1H3. The molecular formula is C17H13Cl2F3N2O2S. The van der Waals surface area contributed by atoms with Crippen molar-refractivity contribution in [2.24, 2.45) is 0 Å². The molecular weight excluding hydrogens is 424 g/mol. The van der Waals surface area contributed by atoms with Crippen LogP contribution < -0.4 is 0 Å². The van der Waals surface area contributed by atoms with Crippen LogP contribution in [0, 0.1) is 0 Å². The number of nitrogens with zero attached hydrogens (tertiary/aromatic N) is 2. The molecule has 0 unspecified atom stereocenters. The second-order valence-corrected chi connectivity index (χ2v) is 8.91. The number of halogens is 5. The molecule has 144 valence electrons. The maximum Gasteiger partial charge on any atom is 0.396 e. The zero-order valence-corrected chi connectivity index (χ0v) is 16.2. The Morgan fingerprint density at radius 3 is 2.22 bits per heavy atom. The summed E-state index contributed by atoms with van der Waals surface area (Å²) in [4.78, 5) is 4.19. The minimum Gasteiger partial charge on any atom is -0.323 e. The first-order chi connectivity index (χ1) is 12.4. The number of imidazole rings is 1. The lowest BCUT2D eigenvalue weighted by Crippen LogP contribution is -2.16. The molecule has 0 fully saturated rings. The molecule has 27 heavy (non-hydrogen) atoms. The van der Waals surface area contributed by atoms with Gasteiger partial charge in [-0.2, -0.15) is 13.2 Å². The fourth-order valence-electron chi connectivity index (χ4n) is 2.69. The van der Waals surface area contributed by atoms with Gasteiger partial charge in [-0.1, -0.05) is 35.3 Å². The monoisotopic (exact) mass is 436 g/mol. The molecule has 0 saturated carbocycles. The molecule has 0 saturated heterocycles. The third-order valence-corrected chi connectivity index (χ3v) is 5.77. The Morgan fingerprint density at radius 2 is 1.67 bits per heavy atom. The Hall–Kier alpha value is -1.77. The van der Waals surface area contributed by atoms with E-state index in [-0.39, 0.29) is 27.3 Å². The van der Waals surface area contributed by atoms with Gasteiger partial charge in [-0.3, -0.25) is 0 Å². The number of aromatic nitrogens is 2. The van der Waals surface area contributed by atoms with Crippen LogP contribution in [-0.4, -0.2) is 30.4 Å². The molecule has 10 heteroatoms. The number of rotatable bonds is 4. The van der Waals surface area contributed by atoms with Crippen molar-refractivity contribution in [3.05, 3.63) is 57.8 Å². The third kappa shape index (κ3) is 4.56. The van der Waals surface area contributed by atoms with E-state index in [1.165, 1.54) is 28.8 Å². The SMILES string of the molecule is CS(=O)(=O)c1ccc(Cn2c(CC(F)(F)F)nc3cc(Cl)c(Cl)cc32)cc1. The lowest BCUT2D eigenvalue weighted by molar-refractivity contribution is -0.128. The quantitative estimate of drug-likeness (QED) is 0.584. The third-order valence-electron chi connectivity index (χ3n) is 3.92. The summed E-state index contributed by atoms with van der Waals surface area (Å²) < 4.78 is 63.4. The van der Waals surface area contributed by atoms with Gasteiger partial charge in [-0.15, -0.1) is 0 Å². The Morgan fingerprint density at radius 1 is 1.07 bits per heavy atom. The van der Waals surface area contributed by atoms with Gasteiger partial charge < -0.3 is 4.57 Å². The summed E-state index contributed by atoms with van der Waals surface area (Å²) in [6, 6.07) is 8.82. The molecule has 0 bridgehead atoms. The van der Waals surface area contributed by atoms with E-state index in [2.05, 4.69) is 4.98 Å². The molecule has 0 atom stereocenters. The van der Waals surface area contributed by atoms with Crippen LogP contribution in [-0.2, 0) is 22.8 Å². The van der Waals surface area contributed by atoms with E-state index in [0.717, 1.165) is 6.26 Å². The minimum absolute atomic E-state index is 0.0733. The lowest BCUT2D eigenvalue weighted by Gasteiger charge is -2.12. The molecule has 3 rings (SSSR count). The summed E-state index contributed by atoms with van der Waals surface area (Å²) in [6.45, 7) is 0.0733. The van der Waals surface area contributed by atoms with Gasteiger partial charge in [0.1, 0.15) is 12.2 Å². The summed E-state index contributed by atoms with van der Waals surface area (Å²) >= 11 is 12.0. The van der Waals surface area contributed by atoms with E-state index in [0.29, 0.717) is 16.6 Å². The Labute approximate surface area is 163 Å². The highest BCUT2D eigenvalue weighted by Gasteiger charge is 2.31. The van der Waals surface area contributed by atoms with Crippen molar-refractivity contribution < 1.29 is 21.6 Å². The van der Waals surface area contributed by atoms with E-state index >= 15 is 0 Å². The molecule has 0 N–H and O–H groups in total.